The first-order valence-corrected chi connectivity index (χ1v) is 6.95. The molecular formula is C10H11FOS2. The van der Waals surface area contributed by atoms with Crippen molar-refractivity contribution >= 4 is 22.6 Å². The summed E-state index contributed by atoms with van der Waals surface area (Å²) in [5, 5.41) is 0. The van der Waals surface area contributed by atoms with Crippen LogP contribution in [-0.4, -0.2) is 15.7 Å². The minimum Gasteiger partial charge on any atom is -0.258 e. The molecule has 1 saturated heterocycles. The molecule has 0 N–H and O–H groups in total. The molecule has 1 aromatic rings. The number of rotatable bonds is 1. The van der Waals surface area contributed by atoms with E-state index in [-0.39, 0.29) is 10.4 Å². The van der Waals surface area contributed by atoms with Gasteiger partial charge < -0.3 is 0 Å². The number of hydrogen-bond donors (Lipinski definition) is 0. The maximum Gasteiger partial charge on any atom is 0.123 e. The molecule has 76 valence electrons. The van der Waals surface area contributed by atoms with Gasteiger partial charge in [0.25, 0.3) is 0 Å². The normalized spacial score (nSPS) is 27.5. The molecule has 0 amide bonds. The van der Waals surface area contributed by atoms with E-state index in [0.717, 1.165) is 23.5 Å². The SMILES string of the molecule is O=S1CCCS[C@H]1c1ccc(F)cc1. The molecule has 4 heteroatoms. The maximum absolute atomic E-state index is 12.7. The van der Waals surface area contributed by atoms with E-state index in [1.54, 1.807) is 23.9 Å². The van der Waals surface area contributed by atoms with Gasteiger partial charge in [-0.25, -0.2) is 4.39 Å². The quantitative estimate of drug-likeness (QED) is 0.738. The number of hydrogen-bond acceptors (Lipinski definition) is 2. The van der Waals surface area contributed by atoms with Crippen molar-refractivity contribution in [3.63, 3.8) is 0 Å². The lowest BCUT2D eigenvalue weighted by Gasteiger charge is -2.20. The van der Waals surface area contributed by atoms with E-state index in [1.807, 2.05) is 0 Å². The largest absolute Gasteiger partial charge is 0.258 e. The van der Waals surface area contributed by atoms with E-state index in [2.05, 4.69) is 0 Å². The van der Waals surface area contributed by atoms with Crippen LogP contribution in [0.4, 0.5) is 4.39 Å². The van der Waals surface area contributed by atoms with Crippen LogP contribution in [0.3, 0.4) is 0 Å². The van der Waals surface area contributed by atoms with Gasteiger partial charge in [-0.05, 0) is 29.9 Å². The molecule has 14 heavy (non-hydrogen) atoms. The Kier molecular flexibility index (Phi) is 3.23. The van der Waals surface area contributed by atoms with Gasteiger partial charge in [-0.2, -0.15) is 0 Å². The lowest BCUT2D eigenvalue weighted by atomic mass is 10.2. The van der Waals surface area contributed by atoms with Gasteiger partial charge in [-0.15, -0.1) is 11.8 Å². The standard InChI is InChI=1S/C10H11FOS2/c11-9-4-2-8(3-5-9)10-13-6-1-7-14(10)12/h2-5,10H,1,6-7H2/t10-,14?/m1/s1. The third-order valence-corrected chi connectivity index (χ3v) is 5.73. The Balaban J connectivity index is 2.20. The molecule has 1 aliphatic heterocycles. The van der Waals surface area contributed by atoms with E-state index in [9.17, 15) is 8.60 Å². The van der Waals surface area contributed by atoms with Gasteiger partial charge >= 0.3 is 0 Å². The van der Waals surface area contributed by atoms with E-state index >= 15 is 0 Å². The molecule has 2 rings (SSSR count). The fourth-order valence-electron chi connectivity index (χ4n) is 1.44. The van der Waals surface area contributed by atoms with Gasteiger partial charge in [0.05, 0.1) is 0 Å². The highest BCUT2D eigenvalue weighted by Gasteiger charge is 2.22. The van der Waals surface area contributed by atoms with Gasteiger partial charge in [0.1, 0.15) is 10.4 Å². The van der Waals surface area contributed by atoms with Crippen LogP contribution < -0.4 is 0 Å². The van der Waals surface area contributed by atoms with Gasteiger partial charge in [-0.1, -0.05) is 12.1 Å². The van der Waals surface area contributed by atoms with Crippen LogP contribution in [0.2, 0.25) is 0 Å². The number of halogens is 1. The van der Waals surface area contributed by atoms with Crippen molar-refractivity contribution in [2.45, 2.75) is 11.0 Å². The van der Waals surface area contributed by atoms with Crippen LogP contribution in [0.25, 0.3) is 0 Å². The molecule has 1 fully saturated rings. The minimum atomic E-state index is -0.795. The van der Waals surface area contributed by atoms with Crippen LogP contribution in [-0.2, 0) is 10.8 Å². The summed E-state index contributed by atoms with van der Waals surface area (Å²) in [6.07, 6.45) is 1.02. The van der Waals surface area contributed by atoms with Crippen LogP contribution in [0.15, 0.2) is 24.3 Å². The Hall–Kier alpha value is -0.350. The van der Waals surface area contributed by atoms with E-state index in [1.165, 1.54) is 12.1 Å². The molecule has 0 aliphatic carbocycles. The smallest absolute Gasteiger partial charge is 0.123 e. The molecule has 2 atom stereocenters. The Morgan fingerprint density at radius 3 is 2.71 bits per heavy atom. The van der Waals surface area contributed by atoms with Crippen LogP contribution >= 0.6 is 11.8 Å². The van der Waals surface area contributed by atoms with Crippen molar-refractivity contribution in [2.75, 3.05) is 11.5 Å². The zero-order chi connectivity index (χ0) is 9.97. The Bertz CT molecular complexity index is 336. The summed E-state index contributed by atoms with van der Waals surface area (Å²) in [4.78, 5) is 0. The lowest BCUT2D eigenvalue weighted by molar-refractivity contribution is 0.627. The third kappa shape index (κ3) is 2.17. The average Bonchev–Trinajstić information content (AvgIpc) is 2.20. The molecule has 1 nitrogen and oxygen atoms in total. The fourth-order valence-corrected chi connectivity index (χ4v) is 4.79. The molecule has 1 aromatic carbocycles. The van der Waals surface area contributed by atoms with E-state index in [0.29, 0.717) is 0 Å². The summed E-state index contributed by atoms with van der Waals surface area (Å²) < 4.78 is 24.4. The summed E-state index contributed by atoms with van der Waals surface area (Å²) in [6.45, 7) is 0. The fraction of sp³-hybridized carbons (Fsp3) is 0.400. The van der Waals surface area contributed by atoms with Crippen molar-refractivity contribution in [1.82, 2.24) is 0 Å². The molecule has 1 aliphatic rings. The lowest BCUT2D eigenvalue weighted by Crippen LogP contribution is -2.13. The molecule has 0 radical (unpaired) electrons. The first-order valence-electron chi connectivity index (χ1n) is 4.51. The third-order valence-electron chi connectivity index (χ3n) is 2.14. The minimum absolute atomic E-state index is 0.0457. The zero-order valence-electron chi connectivity index (χ0n) is 7.61. The molecule has 0 bridgehead atoms. The molecule has 0 aromatic heterocycles. The van der Waals surface area contributed by atoms with Gasteiger partial charge in [-0.3, -0.25) is 4.21 Å². The Morgan fingerprint density at radius 1 is 1.36 bits per heavy atom. The predicted molar refractivity (Wildman–Crippen MR) is 59.2 cm³/mol. The van der Waals surface area contributed by atoms with Crippen LogP contribution in [0.1, 0.15) is 16.6 Å². The highest BCUT2D eigenvalue weighted by atomic mass is 32.2. The topological polar surface area (TPSA) is 17.1 Å². The molecular weight excluding hydrogens is 219 g/mol. The first-order chi connectivity index (χ1) is 6.77. The highest BCUT2D eigenvalue weighted by Crippen LogP contribution is 2.36. The number of benzene rings is 1. The second-order valence-corrected chi connectivity index (χ2v) is 6.35. The van der Waals surface area contributed by atoms with Crippen molar-refractivity contribution < 1.29 is 8.60 Å². The van der Waals surface area contributed by atoms with Crippen LogP contribution in [0, 0.1) is 5.82 Å². The molecule has 1 heterocycles. The van der Waals surface area contributed by atoms with Crippen LogP contribution in [0.5, 0.6) is 0 Å². The molecule has 0 saturated carbocycles. The van der Waals surface area contributed by atoms with Gasteiger partial charge in [0, 0.05) is 16.6 Å². The maximum atomic E-state index is 12.7. The predicted octanol–water partition coefficient (Wildman–Crippen LogP) is 2.71. The second-order valence-electron chi connectivity index (χ2n) is 3.19. The second kappa shape index (κ2) is 4.45. The number of thioether (sulfide) groups is 1. The van der Waals surface area contributed by atoms with Gasteiger partial charge in [0.2, 0.25) is 0 Å². The van der Waals surface area contributed by atoms with E-state index < -0.39 is 10.8 Å². The van der Waals surface area contributed by atoms with Crippen molar-refractivity contribution in [2.24, 2.45) is 0 Å². The first kappa shape index (κ1) is 10.2. The Labute approximate surface area is 89.5 Å². The van der Waals surface area contributed by atoms with Crippen molar-refractivity contribution in [3.8, 4) is 0 Å². The summed E-state index contributed by atoms with van der Waals surface area (Å²) in [7, 11) is -0.795. The monoisotopic (exact) mass is 230 g/mol. The Morgan fingerprint density at radius 2 is 2.07 bits per heavy atom. The summed E-state index contributed by atoms with van der Waals surface area (Å²) in [5.41, 5.74) is 0.981. The van der Waals surface area contributed by atoms with Crippen molar-refractivity contribution in [1.29, 1.82) is 0 Å². The van der Waals surface area contributed by atoms with Gasteiger partial charge in [0.15, 0.2) is 0 Å². The molecule has 0 spiro atoms. The van der Waals surface area contributed by atoms with E-state index in [4.69, 9.17) is 0 Å². The zero-order valence-corrected chi connectivity index (χ0v) is 9.24. The highest BCUT2D eigenvalue weighted by molar-refractivity contribution is 8.11. The summed E-state index contributed by atoms with van der Waals surface area (Å²) in [5.74, 6) is 1.59. The summed E-state index contributed by atoms with van der Waals surface area (Å²) in [6, 6.07) is 6.33. The average molecular weight is 230 g/mol. The summed E-state index contributed by atoms with van der Waals surface area (Å²) >= 11 is 1.71. The molecule has 1 unspecified atom stereocenters. The van der Waals surface area contributed by atoms with Crippen molar-refractivity contribution in [3.05, 3.63) is 35.6 Å².